The topological polar surface area (TPSA) is 28.2 Å². The molecular weight excluding hydrogens is 1340 g/mol. The molecule has 0 heterocycles. The van der Waals surface area contributed by atoms with Crippen LogP contribution in [0.25, 0.3) is 22.3 Å². The summed E-state index contributed by atoms with van der Waals surface area (Å²) in [4.78, 5) is 11.1. The Labute approximate surface area is 631 Å². The lowest BCUT2D eigenvalue weighted by Gasteiger charge is -2.32. The Morgan fingerprint density at radius 3 is 0.762 bits per heavy atom. The highest BCUT2D eigenvalue weighted by Gasteiger charge is 2.24. The van der Waals surface area contributed by atoms with Crippen LogP contribution in [-0.2, 0) is 0 Å². The van der Waals surface area contributed by atoms with Gasteiger partial charge < -0.3 is 29.8 Å². The fourth-order valence-corrected chi connectivity index (χ4v) is 13.5. The summed E-state index contributed by atoms with van der Waals surface area (Å²) in [6, 6.07) is 150. The maximum absolute atomic E-state index is 7.63. The van der Waals surface area contributed by atoms with Gasteiger partial charge in [0.15, 0.2) is 0 Å². The fourth-order valence-electron chi connectivity index (χ4n) is 12.8. The average molecular weight is 1420 g/mol. The van der Waals surface area contributed by atoms with Gasteiger partial charge in [-0.25, -0.2) is 0 Å². The number of nitrogens with zero attached hydrogens (tertiary/aromatic N) is 5. The molecule has 16 rings (SSSR count). The van der Waals surface area contributed by atoms with Gasteiger partial charge in [-0.1, -0.05) is 290 Å². The number of hydrogen-bond donors (Lipinski definition) is 1. The molecule has 0 saturated carbocycles. The first-order chi connectivity index (χ1) is 51.9. The van der Waals surface area contributed by atoms with Crippen molar-refractivity contribution < 1.29 is 0 Å². The molecule has 16 aromatic carbocycles. The number of para-hydroxylation sites is 8. The van der Waals surface area contributed by atoms with Crippen LogP contribution in [0.2, 0.25) is 15.1 Å². The molecule has 0 unspecified atom stereocenters. The van der Waals surface area contributed by atoms with E-state index in [0.717, 1.165) is 102 Å². The van der Waals surface area contributed by atoms with E-state index >= 15 is 0 Å². The minimum atomic E-state index is 0.547. The Morgan fingerprint density at radius 2 is 0.400 bits per heavy atom. The predicted molar refractivity (Wildman–Crippen MR) is 448 cm³/mol. The third-order valence-corrected chi connectivity index (χ3v) is 18.9. The molecule has 0 atom stereocenters. The Morgan fingerprint density at radius 1 is 0.162 bits per heavy atom. The highest BCUT2D eigenvalue weighted by molar-refractivity contribution is 6.44. The second kappa shape index (κ2) is 34.2. The molecular formula is C96H73Cl3N6. The zero-order valence-corrected chi connectivity index (χ0v) is 59.7. The molecule has 0 aromatic heterocycles. The van der Waals surface area contributed by atoms with Crippen molar-refractivity contribution in [3.63, 3.8) is 0 Å². The van der Waals surface area contributed by atoms with Crippen LogP contribution in [0.4, 0.5) is 96.7 Å². The van der Waals surface area contributed by atoms with Crippen molar-refractivity contribution >= 4 is 131 Å². The SMILES string of the molecule is Clc1c(N(c2ccccc2)c2ccccc2)cccc1N(c1ccc(-c2ccccc2)cc1)c1cccc(N(c2ccccc2)c2ccccc2)c1.Clc1cccc(N(c2ccccc2)c2ccccc2)c1Cl.c1ccc(-c2ccc(Nc3cccc(N(c4ccccc4)c4ccccc4)c3)cc2)cc1. The van der Waals surface area contributed by atoms with Crippen molar-refractivity contribution in [3.05, 3.63) is 452 Å². The maximum Gasteiger partial charge on any atom is 0.0887 e. The lowest BCUT2D eigenvalue weighted by atomic mass is 10.0. The van der Waals surface area contributed by atoms with Crippen LogP contribution in [-0.4, -0.2) is 0 Å². The van der Waals surface area contributed by atoms with Gasteiger partial charge in [0.1, 0.15) is 0 Å². The van der Waals surface area contributed by atoms with Crippen molar-refractivity contribution in [2.24, 2.45) is 0 Å². The minimum absolute atomic E-state index is 0.547. The van der Waals surface area contributed by atoms with E-state index in [1.54, 1.807) is 6.07 Å². The van der Waals surface area contributed by atoms with E-state index < -0.39 is 0 Å². The molecule has 0 saturated heterocycles. The normalized spacial score (nSPS) is 10.6. The molecule has 508 valence electrons. The van der Waals surface area contributed by atoms with Gasteiger partial charge in [-0.2, -0.15) is 0 Å². The molecule has 105 heavy (non-hydrogen) atoms. The molecule has 6 nitrogen and oxygen atoms in total. The molecule has 0 aliphatic rings. The molecule has 0 amide bonds. The third kappa shape index (κ3) is 16.9. The van der Waals surface area contributed by atoms with Crippen molar-refractivity contribution in [1.82, 2.24) is 0 Å². The minimum Gasteiger partial charge on any atom is -0.355 e. The van der Waals surface area contributed by atoms with E-state index in [9.17, 15) is 0 Å². The van der Waals surface area contributed by atoms with Crippen LogP contribution in [0.15, 0.2) is 437 Å². The molecule has 9 heteroatoms. The third-order valence-electron chi connectivity index (χ3n) is 17.7. The lowest BCUT2D eigenvalue weighted by molar-refractivity contribution is 1.24. The predicted octanol–water partition coefficient (Wildman–Crippen LogP) is 29.4. The number of hydrogen-bond acceptors (Lipinski definition) is 6. The Kier molecular flexibility index (Phi) is 22.6. The summed E-state index contributed by atoms with van der Waals surface area (Å²) in [6.45, 7) is 0. The number of benzene rings is 16. The summed E-state index contributed by atoms with van der Waals surface area (Å²) in [5.74, 6) is 0. The van der Waals surface area contributed by atoms with Gasteiger partial charge in [0.25, 0.3) is 0 Å². The molecule has 0 spiro atoms. The van der Waals surface area contributed by atoms with Crippen molar-refractivity contribution in [3.8, 4) is 22.3 Å². The average Bonchev–Trinajstić information content (AvgIpc) is 0.759. The summed E-state index contributed by atoms with van der Waals surface area (Å²) in [5.41, 5.74) is 22.1. The highest BCUT2D eigenvalue weighted by atomic mass is 35.5. The molecule has 1 N–H and O–H groups in total. The van der Waals surface area contributed by atoms with Crippen LogP contribution >= 0.6 is 34.8 Å². The largest absolute Gasteiger partial charge is 0.355 e. The van der Waals surface area contributed by atoms with Crippen molar-refractivity contribution in [2.75, 3.05) is 29.8 Å². The van der Waals surface area contributed by atoms with Gasteiger partial charge in [-0.3, -0.25) is 0 Å². The van der Waals surface area contributed by atoms with E-state index in [1.165, 1.54) is 16.7 Å². The van der Waals surface area contributed by atoms with Gasteiger partial charge in [0, 0.05) is 79.6 Å². The summed E-state index contributed by atoms with van der Waals surface area (Å²) in [6.07, 6.45) is 0. The zero-order valence-electron chi connectivity index (χ0n) is 57.4. The summed E-state index contributed by atoms with van der Waals surface area (Å²) in [5, 5.41) is 5.28. The van der Waals surface area contributed by atoms with Gasteiger partial charge in [0.05, 0.1) is 32.1 Å². The fraction of sp³-hybridized carbons (Fsp3) is 0. The molecule has 0 fully saturated rings. The number of nitrogens with one attached hydrogen (secondary N) is 1. The standard InChI is InChI=1S/C48H36ClN3.C30H24N2.C18H13Cl2N/c49-48-46(51(41-24-12-4-13-25-41)42-26-14-5-15-27-42)30-17-31-47(48)52(43-34-32-38(33-35-43)37-18-6-1-7-19-37)45-29-16-28-44(36-45)50(39-20-8-2-9-21-39)40-22-10-3-11-23-40;1-4-11-24(12-5-1)25-19-21-26(22-20-25)31-27-13-10-18-30(23-27)32(28-14-6-2-7-15-28)29-16-8-3-9-17-29;19-16-12-7-13-17(18(16)20)21(14-8-3-1-4-9-14)15-10-5-2-6-11-15/h1-36H;1-23,31H;1-13H. The first-order valence-corrected chi connectivity index (χ1v) is 35.9. The van der Waals surface area contributed by atoms with Crippen molar-refractivity contribution in [2.45, 2.75) is 0 Å². The quantitative estimate of drug-likeness (QED) is 0.0868. The van der Waals surface area contributed by atoms with Gasteiger partial charge in [-0.15, -0.1) is 0 Å². The highest BCUT2D eigenvalue weighted by Crippen LogP contribution is 2.49. The second-order valence-electron chi connectivity index (χ2n) is 24.6. The van der Waals surface area contributed by atoms with Crippen molar-refractivity contribution in [1.29, 1.82) is 0 Å². The maximum atomic E-state index is 7.63. The molecule has 16 aromatic rings. The van der Waals surface area contributed by atoms with Crippen LogP contribution < -0.4 is 29.8 Å². The van der Waals surface area contributed by atoms with Gasteiger partial charge >= 0.3 is 0 Å². The van der Waals surface area contributed by atoms with E-state index in [-0.39, 0.29) is 0 Å². The molecule has 0 radical (unpaired) electrons. The monoisotopic (exact) mass is 1410 g/mol. The second-order valence-corrected chi connectivity index (χ2v) is 25.8. The van der Waals surface area contributed by atoms with Gasteiger partial charge in [-0.05, 0) is 204 Å². The van der Waals surface area contributed by atoms with Crippen LogP contribution in [0.1, 0.15) is 0 Å². The Bertz CT molecular complexity index is 5190. The van der Waals surface area contributed by atoms with Crippen LogP contribution in [0.5, 0.6) is 0 Å². The van der Waals surface area contributed by atoms with E-state index in [2.05, 4.69) is 339 Å². The lowest BCUT2D eigenvalue weighted by Crippen LogP contribution is -2.15. The smallest absolute Gasteiger partial charge is 0.0887 e. The van der Waals surface area contributed by atoms with E-state index in [4.69, 9.17) is 34.8 Å². The Hall–Kier alpha value is -12.8. The van der Waals surface area contributed by atoms with E-state index in [0.29, 0.717) is 15.1 Å². The number of anilines is 17. The first kappa shape index (κ1) is 69.3. The summed E-state index contributed by atoms with van der Waals surface area (Å²) < 4.78 is 0. The van der Waals surface area contributed by atoms with E-state index in [1.807, 2.05) is 121 Å². The number of rotatable bonds is 19. The summed E-state index contributed by atoms with van der Waals surface area (Å²) in [7, 11) is 0. The zero-order chi connectivity index (χ0) is 71.4. The van der Waals surface area contributed by atoms with Crippen LogP contribution in [0.3, 0.4) is 0 Å². The molecule has 0 aliphatic carbocycles. The summed E-state index contributed by atoms with van der Waals surface area (Å²) >= 11 is 20.2. The molecule has 0 bridgehead atoms. The Balaban J connectivity index is 0.000000148. The molecule has 0 aliphatic heterocycles. The van der Waals surface area contributed by atoms with Crippen LogP contribution in [0, 0.1) is 0 Å². The first-order valence-electron chi connectivity index (χ1n) is 34.8. The number of halogens is 3. The van der Waals surface area contributed by atoms with Gasteiger partial charge in [0.2, 0.25) is 0 Å².